The van der Waals surface area contributed by atoms with E-state index >= 15 is 0 Å². The van der Waals surface area contributed by atoms with Gasteiger partial charge < -0.3 is 5.11 Å². The summed E-state index contributed by atoms with van der Waals surface area (Å²) >= 11 is 0. The number of pyridine rings is 1. The highest BCUT2D eigenvalue weighted by Crippen LogP contribution is 2.16. The van der Waals surface area contributed by atoms with Crippen molar-refractivity contribution in [3.63, 3.8) is 0 Å². The van der Waals surface area contributed by atoms with Gasteiger partial charge in [-0.1, -0.05) is 6.92 Å². The molecule has 2 heterocycles. The molecule has 2 rings (SSSR count). The molecule has 4 heteroatoms. The third-order valence-corrected chi connectivity index (χ3v) is 2.75. The smallest absolute Gasteiger partial charge is 0.0957 e. The zero-order valence-corrected chi connectivity index (χ0v) is 10.4. The highest BCUT2D eigenvalue weighted by molar-refractivity contribution is 5.32. The number of aliphatic hydroxyl groups excluding tert-OH is 1. The molecule has 0 fully saturated rings. The van der Waals surface area contributed by atoms with Crippen molar-refractivity contribution < 1.29 is 5.11 Å². The standard InChI is InChI=1S/C13H17N3O/c1-4-13(17)12-6-5-11(8-14-12)16-10(3)7-9(2)15-16/h5-8,13,17H,4H2,1-3H3. The van der Waals surface area contributed by atoms with Crippen molar-refractivity contribution in [2.75, 3.05) is 0 Å². The van der Waals surface area contributed by atoms with Crippen LogP contribution in [0.4, 0.5) is 0 Å². The first-order valence-electron chi connectivity index (χ1n) is 5.79. The third-order valence-electron chi connectivity index (χ3n) is 2.75. The molecule has 0 saturated heterocycles. The average Bonchev–Trinajstić information content (AvgIpc) is 2.68. The van der Waals surface area contributed by atoms with Gasteiger partial charge in [0, 0.05) is 5.69 Å². The van der Waals surface area contributed by atoms with Gasteiger partial charge in [-0.05, 0) is 38.5 Å². The maximum Gasteiger partial charge on any atom is 0.0957 e. The van der Waals surface area contributed by atoms with Crippen molar-refractivity contribution in [3.8, 4) is 5.69 Å². The Labute approximate surface area is 101 Å². The van der Waals surface area contributed by atoms with Crippen molar-refractivity contribution >= 4 is 0 Å². The first kappa shape index (κ1) is 11.8. The van der Waals surface area contributed by atoms with Crippen LogP contribution in [-0.4, -0.2) is 19.9 Å². The highest BCUT2D eigenvalue weighted by Gasteiger charge is 2.08. The number of nitrogens with zero attached hydrogens (tertiary/aromatic N) is 3. The Kier molecular flexibility index (Phi) is 3.24. The fourth-order valence-electron chi connectivity index (χ4n) is 1.82. The van der Waals surface area contributed by atoms with E-state index in [-0.39, 0.29) is 0 Å². The molecule has 0 bridgehead atoms. The Bertz CT molecular complexity index is 502. The summed E-state index contributed by atoms with van der Waals surface area (Å²) in [6.07, 6.45) is 1.93. The molecule has 1 atom stereocenters. The molecular formula is C13H17N3O. The summed E-state index contributed by atoms with van der Waals surface area (Å²) in [5.74, 6) is 0. The molecule has 90 valence electrons. The molecule has 0 amide bonds. The summed E-state index contributed by atoms with van der Waals surface area (Å²) in [7, 11) is 0. The first-order chi connectivity index (χ1) is 8.11. The van der Waals surface area contributed by atoms with Crippen molar-refractivity contribution in [1.29, 1.82) is 0 Å². The zero-order valence-electron chi connectivity index (χ0n) is 10.4. The number of hydrogen-bond acceptors (Lipinski definition) is 3. The van der Waals surface area contributed by atoms with Crippen LogP contribution in [0.5, 0.6) is 0 Å². The molecule has 4 nitrogen and oxygen atoms in total. The van der Waals surface area contributed by atoms with Crippen LogP contribution in [0, 0.1) is 13.8 Å². The fraction of sp³-hybridized carbons (Fsp3) is 0.385. The molecule has 0 radical (unpaired) electrons. The molecule has 17 heavy (non-hydrogen) atoms. The minimum Gasteiger partial charge on any atom is -0.387 e. The molecular weight excluding hydrogens is 214 g/mol. The van der Waals surface area contributed by atoms with Gasteiger partial charge in [0.1, 0.15) is 0 Å². The van der Waals surface area contributed by atoms with Crippen LogP contribution >= 0.6 is 0 Å². The fourth-order valence-corrected chi connectivity index (χ4v) is 1.82. The van der Waals surface area contributed by atoms with E-state index in [0.29, 0.717) is 12.1 Å². The number of aliphatic hydroxyl groups is 1. The zero-order chi connectivity index (χ0) is 12.4. The molecule has 2 aromatic heterocycles. The van der Waals surface area contributed by atoms with E-state index in [4.69, 9.17) is 0 Å². The van der Waals surface area contributed by atoms with Gasteiger partial charge in [0.25, 0.3) is 0 Å². The highest BCUT2D eigenvalue weighted by atomic mass is 16.3. The van der Waals surface area contributed by atoms with Gasteiger partial charge >= 0.3 is 0 Å². The van der Waals surface area contributed by atoms with Gasteiger partial charge in [0.2, 0.25) is 0 Å². The maximum absolute atomic E-state index is 9.66. The summed E-state index contributed by atoms with van der Waals surface area (Å²) in [4.78, 5) is 4.27. The van der Waals surface area contributed by atoms with Crippen LogP contribution < -0.4 is 0 Å². The molecule has 0 aromatic carbocycles. The van der Waals surface area contributed by atoms with Crippen molar-refractivity contribution in [2.24, 2.45) is 0 Å². The van der Waals surface area contributed by atoms with Crippen LogP contribution in [-0.2, 0) is 0 Å². The first-order valence-corrected chi connectivity index (χ1v) is 5.79. The summed E-state index contributed by atoms with van der Waals surface area (Å²) in [6, 6.07) is 5.80. The lowest BCUT2D eigenvalue weighted by molar-refractivity contribution is 0.169. The van der Waals surface area contributed by atoms with Gasteiger partial charge in [-0.3, -0.25) is 4.98 Å². The van der Waals surface area contributed by atoms with Crippen molar-refractivity contribution in [3.05, 3.63) is 41.5 Å². The summed E-state index contributed by atoms with van der Waals surface area (Å²) in [5, 5.41) is 14.1. The van der Waals surface area contributed by atoms with Gasteiger partial charge in [0.05, 0.1) is 29.4 Å². The maximum atomic E-state index is 9.66. The molecule has 1 N–H and O–H groups in total. The predicted molar refractivity (Wildman–Crippen MR) is 66.1 cm³/mol. The SMILES string of the molecule is CCC(O)c1ccc(-n2nc(C)cc2C)cn1. The Morgan fingerprint density at radius 3 is 2.59 bits per heavy atom. The lowest BCUT2D eigenvalue weighted by Gasteiger charge is -2.08. The van der Waals surface area contributed by atoms with Crippen LogP contribution in [0.15, 0.2) is 24.4 Å². The normalized spacial score (nSPS) is 12.7. The summed E-state index contributed by atoms with van der Waals surface area (Å²) in [5.41, 5.74) is 3.69. The van der Waals surface area contributed by atoms with E-state index in [1.807, 2.05) is 43.7 Å². The van der Waals surface area contributed by atoms with E-state index in [1.165, 1.54) is 0 Å². The van der Waals surface area contributed by atoms with E-state index in [2.05, 4.69) is 10.1 Å². The van der Waals surface area contributed by atoms with E-state index in [0.717, 1.165) is 17.1 Å². The minimum absolute atomic E-state index is 0.482. The van der Waals surface area contributed by atoms with Crippen LogP contribution in [0.3, 0.4) is 0 Å². The second kappa shape index (κ2) is 4.67. The monoisotopic (exact) mass is 231 g/mol. The molecule has 0 aliphatic rings. The van der Waals surface area contributed by atoms with Crippen LogP contribution in [0.25, 0.3) is 5.69 Å². The number of hydrogen-bond donors (Lipinski definition) is 1. The number of rotatable bonds is 3. The van der Waals surface area contributed by atoms with E-state index < -0.39 is 6.10 Å². The van der Waals surface area contributed by atoms with Gasteiger partial charge in [-0.2, -0.15) is 5.10 Å². The van der Waals surface area contributed by atoms with Crippen LogP contribution in [0.2, 0.25) is 0 Å². The minimum atomic E-state index is -0.482. The van der Waals surface area contributed by atoms with Crippen molar-refractivity contribution in [2.45, 2.75) is 33.3 Å². The van der Waals surface area contributed by atoms with E-state index in [9.17, 15) is 5.11 Å². The third kappa shape index (κ3) is 2.36. The topological polar surface area (TPSA) is 50.9 Å². The van der Waals surface area contributed by atoms with Gasteiger partial charge in [-0.25, -0.2) is 4.68 Å². The molecule has 2 aromatic rings. The molecule has 0 aliphatic heterocycles. The summed E-state index contributed by atoms with van der Waals surface area (Å²) in [6.45, 7) is 5.90. The van der Waals surface area contributed by atoms with Gasteiger partial charge in [0.15, 0.2) is 0 Å². The van der Waals surface area contributed by atoms with Crippen LogP contribution in [0.1, 0.15) is 36.5 Å². The molecule has 1 unspecified atom stereocenters. The molecule has 0 saturated carbocycles. The largest absolute Gasteiger partial charge is 0.387 e. The second-order valence-corrected chi connectivity index (χ2v) is 4.20. The Morgan fingerprint density at radius 2 is 2.12 bits per heavy atom. The summed E-state index contributed by atoms with van der Waals surface area (Å²) < 4.78 is 1.85. The quantitative estimate of drug-likeness (QED) is 0.882. The Balaban J connectivity index is 2.32. The molecule has 0 spiro atoms. The lowest BCUT2D eigenvalue weighted by Crippen LogP contribution is -2.03. The average molecular weight is 231 g/mol. The lowest BCUT2D eigenvalue weighted by atomic mass is 10.2. The van der Waals surface area contributed by atoms with Crippen molar-refractivity contribution in [1.82, 2.24) is 14.8 Å². The number of aryl methyl sites for hydroxylation is 2. The van der Waals surface area contributed by atoms with Gasteiger partial charge in [-0.15, -0.1) is 0 Å². The number of aromatic nitrogens is 3. The van der Waals surface area contributed by atoms with E-state index in [1.54, 1.807) is 6.20 Å². The predicted octanol–water partition coefficient (Wildman–Crippen LogP) is 2.33. The Hall–Kier alpha value is -1.68. The Morgan fingerprint density at radius 1 is 1.35 bits per heavy atom. The second-order valence-electron chi connectivity index (χ2n) is 4.20. The molecule has 0 aliphatic carbocycles.